The molecular weight excluding hydrogens is 536 g/mol. The van der Waals surface area contributed by atoms with E-state index >= 15 is 0 Å². The van der Waals surface area contributed by atoms with E-state index in [9.17, 15) is 9.59 Å². The molecule has 0 saturated heterocycles. The van der Waals surface area contributed by atoms with Gasteiger partial charge in [0.1, 0.15) is 18.0 Å². The second kappa shape index (κ2) is 13.0. The topological polar surface area (TPSA) is 131 Å². The Bertz CT molecular complexity index is 1620. The van der Waals surface area contributed by atoms with Gasteiger partial charge in [-0.05, 0) is 41.9 Å². The van der Waals surface area contributed by atoms with E-state index in [1.165, 1.54) is 12.3 Å². The number of nitrogens with zero attached hydrogens (tertiary/aromatic N) is 4. The number of rotatable bonds is 12. The molecule has 210 valence electrons. The Labute approximate surface area is 239 Å². The van der Waals surface area contributed by atoms with E-state index in [4.69, 9.17) is 14.7 Å². The van der Waals surface area contributed by atoms with Crippen molar-refractivity contribution < 1.29 is 19.1 Å². The summed E-state index contributed by atoms with van der Waals surface area (Å²) in [6.45, 7) is 11.4. The minimum atomic E-state index is -1.26. The summed E-state index contributed by atoms with van der Waals surface area (Å²) < 4.78 is 13.6. The second-order valence-electron chi connectivity index (χ2n) is 10.6. The lowest BCUT2D eigenvalue weighted by molar-refractivity contribution is -0.111. The number of nitrogens with one attached hydrogen (secondary N) is 2. The minimum absolute atomic E-state index is 0.179. The van der Waals surface area contributed by atoms with E-state index in [1.807, 2.05) is 6.07 Å². The van der Waals surface area contributed by atoms with Gasteiger partial charge in [0.2, 0.25) is 11.8 Å². The third-order valence-corrected chi connectivity index (χ3v) is 7.74. The van der Waals surface area contributed by atoms with Gasteiger partial charge in [-0.15, -0.1) is 0 Å². The number of ether oxygens (including phenoxy) is 2. The third-order valence-electron chi connectivity index (χ3n) is 6.03. The lowest BCUT2D eigenvalue weighted by atomic mass is 10.1. The maximum Gasteiger partial charge on any atom is 0.255 e. The van der Waals surface area contributed by atoms with Gasteiger partial charge < -0.3 is 24.7 Å². The number of hydrogen-bond donors (Lipinski definition) is 2. The molecule has 2 aromatic heterocycles. The molecule has 0 unspecified atom stereocenters. The monoisotopic (exact) mass is 568 g/mol. The van der Waals surface area contributed by atoms with Crippen LogP contribution in [-0.2, 0) is 22.8 Å². The van der Waals surface area contributed by atoms with E-state index in [0.29, 0.717) is 40.3 Å². The minimum Gasteiger partial charge on any atom is -0.437 e. The van der Waals surface area contributed by atoms with Crippen LogP contribution in [-0.4, -0.2) is 41.0 Å². The highest BCUT2D eigenvalue weighted by molar-refractivity contribution is 6.76. The van der Waals surface area contributed by atoms with Crippen LogP contribution in [0.5, 0.6) is 11.6 Å². The van der Waals surface area contributed by atoms with Crippen LogP contribution < -0.4 is 15.4 Å². The predicted molar refractivity (Wildman–Crippen MR) is 159 cm³/mol. The Morgan fingerprint density at radius 2 is 1.98 bits per heavy atom. The fraction of sp³-hybridized carbons (Fsp3) is 0.233. The first-order chi connectivity index (χ1) is 19.6. The SMILES string of the molecule is C=CC(=O)Nc1cccc(Oc2cnc3c(n2)c(C(=O)NCc2cccc(C#N)c2)cn3COCC[Si](C)(C)C)c1. The van der Waals surface area contributed by atoms with Gasteiger partial charge in [0.25, 0.3) is 5.91 Å². The Morgan fingerprint density at radius 1 is 1.17 bits per heavy atom. The largest absolute Gasteiger partial charge is 0.437 e. The molecule has 10 nitrogen and oxygen atoms in total. The van der Waals surface area contributed by atoms with Gasteiger partial charge in [-0.2, -0.15) is 5.26 Å². The number of benzene rings is 2. The van der Waals surface area contributed by atoms with Crippen LogP contribution in [0.1, 0.15) is 21.5 Å². The molecule has 11 heteroatoms. The van der Waals surface area contributed by atoms with Gasteiger partial charge in [0, 0.05) is 39.2 Å². The molecule has 0 saturated carbocycles. The maximum absolute atomic E-state index is 13.3. The molecule has 2 aromatic carbocycles. The lowest BCUT2D eigenvalue weighted by Gasteiger charge is -2.15. The molecule has 0 aliphatic carbocycles. The summed E-state index contributed by atoms with van der Waals surface area (Å²) >= 11 is 0. The Kier molecular flexibility index (Phi) is 9.29. The van der Waals surface area contributed by atoms with Crippen molar-refractivity contribution in [2.75, 3.05) is 11.9 Å². The summed E-state index contributed by atoms with van der Waals surface area (Å²) in [5, 5.41) is 14.8. The van der Waals surface area contributed by atoms with Gasteiger partial charge in [0.15, 0.2) is 5.65 Å². The Morgan fingerprint density at radius 3 is 2.73 bits per heavy atom. The van der Waals surface area contributed by atoms with Crippen molar-refractivity contribution in [3.05, 3.63) is 90.3 Å². The van der Waals surface area contributed by atoms with E-state index < -0.39 is 8.07 Å². The van der Waals surface area contributed by atoms with Gasteiger partial charge >= 0.3 is 0 Å². The van der Waals surface area contributed by atoms with Crippen molar-refractivity contribution in [3.8, 4) is 17.7 Å². The molecule has 2 heterocycles. The molecule has 4 aromatic rings. The van der Waals surface area contributed by atoms with E-state index in [-0.39, 0.29) is 31.0 Å². The molecule has 2 N–H and O–H groups in total. The Balaban J connectivity index is 1.59. The van der Waals surface area contributed by atoms with E-state index in [1.54, 1.807) is 53.2 Å². The highest BCUT2D eigenvalue weighted by atomic mass is 28.3. The van der Waals surface area contributed by atoms with Gasteiger partial charge in [0.05, 0.1) is 23.4 Å². The zero-order valence-electron chi connectivity index (χ0n) is 23.3. The first-order valence-electron chi connectivity index (χ1n) is 13.1. The molecule has 0 bridgehead atoms. The number of anilines is 1. The quantitative estimate of drug-likeness (QED) is 0.132. The zero-order chi connectivity index (χ0) is 29.4. The standard InChI is InChI=1S/C30H32N6O4Si/c1-5-26(37)34-23-10-7-11-24(15-23)40-27-18-32-29-28(35-27)25(19-36(29)20-39-12-13-41(2,3)4)30(38)33-17-22-9-6-8-21(14-22)16-31/h5-11,14-15,18-19H,1,12-13,17,20H2,2-4H3,(H,33,38)(H,34,37). The molecule has 0 radical (unpaired) electrons. The van der Waals surface area contributed by atoms with Gasteiger partial charge in [-0.1, -0.05) is 44.4 Å². The van der Waals surface area contributed by atoms with Crippen molar-refractivity contribution in [1.82, 2.24) is 19.9 Å². The third kappa shape index (κ3) is 8.11. The van der Waals surface area contributed by atoms with E-state index in [2.05, 4.69) is 52.9 Å². The van der Waals surface area contributed by atoms with Crippen molar-refractivity contribution in [1.29, 1.82) is 5.26 Å². The van der Waals surface area contributed by atoms with Crippen LogP contribution >= 0.6 is 0 Å². The summed E-state index contributed by atoms with van der Waals surface area (Å²) in [7, 11) is -1.26. The second-order valence-corrected chi connectivity index (χ2v) is 16.2. The molecular formula is C30H32N6O4Si. The fourth-order valence-electron chi connectivity index (χ4n) is 3.87. The van der Waals surface area contributed by atoms with Gasteiger partial charge in [-0.3, -0.25) is 9.59 Å². The fourth-order valence-corrected chi connectivity index (χ4v) is 4.63. The molecule has 0 aliphatic heterocycles. The molecule has 2 amide bonds. The van der Waals surface area contributed by atoms with Crippen LogP contribution in [0, 0.1) is 11.3 Å². The van der Waals surface area contributed by atoms with Crippen LogP contribution in [0.3, 0.4) is 0 Å². The normalized spacial score (nSPS) is 11.1. The average Bonchev–Trinajstić information content (AvgIpc) is 3.31. The number of aromatic nitrogens is 3. The summed E-state index contributed by atoms with van der Waals surface area (Å²) in [5.74, 6) is -0.0820. The summed E-state index contributed by atoms with van der Waals surface area (Å²) in [4.78, 5) is 34.1. The summed E-state index contributed by atoms with van der Waals surface area (Å²) in [6, 6.07) is 17.0. The van der Waals surface area contributed by atoms with Crippen LogP contribution in [0.4, 0.5) is 5.69 Å². The molecule has 0 fully saturated rings. The number of carbonyl (C=O) groups is 2. The lowest BCUT2D eigenvalue weighted by Crippen LogP contribution is -2.23. The van der Waals surface area contributed by atoms with E-state index in [0.717, 1.165) is 11.6 Å². The number of amides is 2. The van der Waals surface area contributed by atoms with Crippen molar-refractivity contribution in [2.45, 2.75) is 39.0 Å². The van der Waals surface area contributed by atoms with Crippen LogP contribution in [0.2, 0.25) is 25.7 Å². The highest BCUT2D eigenvalue weighted by Gasteiger charge is 2.20. The number of hydrogen-bond acceptors (Lipinski definition) is 7. The summed E-state index contributed by atoms with van der Waals surface area (Å²) in [5.41, 5.74) is 3.00. The molecule has 0 atom stereocenters. The van der Waals surface area contributed by atoms with Gasteiger partial charge in [-0.25, -0.2) is 9.97 Å². The predicted octanol–water partition coefficient (Wildman–Crippen LogP) is 5.46. The number of fused-ring (bicyclic) bond motifs is 1. The molecule has 41 heavy (non-hydrogen) atoms. The maximum atomic E-state index is 13.3. The van der Waals surface area contributed by atoms with Crippen molar-refractivity contribution in [3.63, 3.8) is 0 Å². The smallest absolute Gasteiger partial charge is 0.255 e. The van der Waals surface area contributed by atoms with Crippen LogP contribution in [0.15, 0.2) is 73.6 Å². The average molecular weight is 569 g/mol. The van der Waals surface area contributed by atoms with Crippen LogP contribution in [0.25, 0.3) is 11.2 Å². The first-order valence-corrected chi connectivity index (χ1v) is 16.8. The first kappa shape index (κ1) is 29.2. The number of carbonyl (C=O) groups excluding carboxylic acids is 2. The molecule has 0 aliphatic rings. The molecule has 0 spiro atoms. The zero-order valence-corrected chi connectivity index (χ0v) is 24.3. The van der Waals surface area contributed by atoms with Crippen molar-refractivity contribution in [2.24, 2.45) is 0 Å². The number of nitriles is 1. The summed E-state index contributed by atoms with van der Waals surface area (Å²) in [6.07, 6.45) is 4.33. The van der Waals surface area contributed by atoms with Crippen molar-refractivity contribution >= 4 is 36.7 Å². The molecule has 4 rings (SSSR count). The Hall–Kier alpha value is -4.79. The highest BCUT2D eigenvalue weighted by Crippen LogP contribution is 2.26.